The van der Waals surface area contributed by atoms with Crippen molar-refractivity contribution in [1.82, 2.24) is 4.90 Å². The van der Waals surface area contributed by atoms with Crippen molar-refractivity contribution in [3.63, 3.8) is 0 Å². The molecule has 2 aliphatic rings. The first kappa shape index (κ1) is 21.6. The van der Waals surface area contributed by atoms with E-state index in [0.717, 1.165) is 36.4 Å². The van der Waals surface area contributed by atoms with Gasteiger partial charge >= 0.3 is 5.97 Å². The summed E-state index contributed by atoms with van der Waals surface area (Å²) in [6.45, 7) is 7.92. The van der Waals surface area contributed by atoms with Gasteiger partial charge < -0.3 is 14.6 Å². The number of benzene rings is 1. The number of ether oxygens (including phenoxy) is 2. The van der Waals surface area contributed by atoms with E-state index in [1.165, 1.54) is 0 Å². The minimum Gasteiger partial charge on any atom is -0.507 e. The van der Waals surface area contributed by atoms with E-state index in [1.807, 2.05) is 32.2 Å². The van der Waals surface area contributed by atoms with Gasteiger partial charge in [0.05, 0.1) is 23.7 Å². The SMILES string of the molecule is CCOC(=O)C1CCN(Cc2c(O)cc(C)c3c2O/C(=C/c2sccc2C)C3=O)CC1. The number of nitrogens with zero attached hydrogens (tertiary/aromatic N) is 1. The highest BCUT2D eigenvalue weighted by molar-refractivity contribution is 7.11. The molecule has 2 aliphatic heterocycles. The molecule has 1 N–H and O–H groups in total. The van der Waals surface area contributed by atoms with E-state index in [1.54, 1.807) is 23.5 Å². The van der Waals surface area contributed by atoms with Crippen LogP contribution in [0.15, 0.2) is 23.3 Å². The van der Waals surface area contributed by atoms with Crippen LogP contribution in [0.1, 0.15) is 51.7 Å². The molecule has 2 aromatic rings. The Hall–Kier alpha value is -2.64. The maximum absolute atomic E-state index is 13.1. The van der Waals surface area contributed by atoms with Crippen LogP contribution >= 0.6 is 11.3 Å². The maximum atomic E-state index is 13.1. The number of phenolic OH excluding ortho intramolecular Hbond substituents is 1. The van der Waals surface area contributed by atoms with Gasteiger partial charge in [0.2, 0.25) is 5.78 Å². The van der Waals surface area contributed by atoms with Crippen molar-refractivity contribution in [3.05, 3.63) is 50.4 Å². The van der Waals surface area contributed by atoms with Gasteiger partial charge in [0.1, 0.15) is 11.5 Å². The van der Waals surface area contributed by atoms with Crippen molar-refractivity contribution < 1.29 is 24.2 Å². The number of carbonyl (C=O) groups is 2. The second-order valence-electron chi connectivity index (χ2n) is 8.11. The van der Waals surface area contributed by atoms with E-state index in [2.05, 4.69) is 4.90 Å². The summed E-state index contributed by atoms with van der Waals surface area (Å²) < 4.78 is 11.2. The van der Waals surface area contributed by atoms with E-state index in [9.17, 15) is 14.7 Å². The number of fused-ring (bicyclic) bond motifs is 1. The molecule has 1 aromatic carbocycles. The number of Topliss-reactive ketones (excluding diaryl/α,β-unsaturated/α-hetero) is 1. The van der Waals surface area contributed by atoms with Crippen LogP contribution in [0, 0.1) is 19.8 Å². The zero-order chi connectivity index (χ0) is 22.1. The maximum Gasteiger partial charge on any atom is 0.309 e. The molecule has 7 heteroatoms. The number of piperidine rings is 1. The number of carbonyl (C=O) groups excluding carboxylic acids is 2. The summed E-state index contributed by atoms with van der Waals surface area (Å²) in [6, 6.07) is 3.65. The Morgan fingerprint density at radius 2 is 2.06 bits per heavy atom. The molecule has 0 bridgehead atoms. The van der Waals surface area contributed by atoms with Crippen molar-refractivity contribution in [2.45, 2.75) is 40.2 Å². The monoisotopic (exact) mass is 441 g/mol. The van der Waals surface area contributed by atoms with Gasteiger partial charge in [-0.2, -0.15) is 0 Å². The second kappa shape index (κ2) is 8.85. The summed E-state index contributed by atoms with van der Waals surface area (Å²) in [5, 5.41) is 12.6. The van der Waals surface area contributed by atoms with Crippen molar-refractivity contribution in [2.24, 2.45) is 5.92 Å². The number of allylic oxidation sites excluding steroid dienone is 1. The van der Waals surface area contributed by atoms with Crippen LogP contribution < -0.4 is 4.74 Å². The highest BCUT2D eigenvalue weighted by Gasteiger charge is 2.34. The van der Waals surface area contributed by atoms with Gasteiger partial charge in [-0.1, -0.05) is 0 Å². The number of thiophene rings is 1. The first-order valence-electron chi connectivity index (χ1n) is 10.6. The molecular formula is C24H27NO5S. The minimum absolute atomic E-state index is 0.0741. The van der Waals surface area contributed by atoms with Crippen LogP contribution in [-0.2, 0) is 16.1 Å². The second-order valence-corrected chi connectivity index (χ2v) is 9.05. The van der Waals surface area contributed by atoms with Crippen LogP contribution in [0.25, 0.3) is 6.08 Å². The lowest BCUT2D eigenvalue weighted by molar-refractivity contribution is -0.149. The first-order valence-corrected chi connectivity index (χ1v) is 11.5. The molecule has 0 radical (unpaired) electrons. The molecule has 31 heavy (non-hydrogen) atoms. The zero-order valence-electron chi connectivity index (χ0n) is 18.1. The minimum atomic E-state index is -0.150. The number of likely N-dealkylation sites (tertiary alicyclic amines) is 1. The van der Waals surface area contributed by atoms with Gasteiger partial charge in [0.25, 0.3) is 0 Å². The van der Waals surface area contributed by atoms with E-state index in [4.69, 9.17) is 9.47 Å². The predicted molar refractivity (Wildman–Crippen MR) is 119 cm³/mol. The van der Waals surface area contributed by atoms with Crippen LogP contribution in [0.2, 0.25) is 0 Å². The third kappa shape index (κ3) is 4.25. The molecule has 0 unspecified atom stereocenters. The lowest BCUT2D eigenvalue weighted by atomic mass is 9.95. The lowest BCUT2D eigenvalue weighted by Gasteiger charge is -2.31. The standard InChI is InChI=1S/C24H27NO5S/c1-4-29-24(28)16-5-8-25(9-6-16)13-17-18(26)11-15(3)21-22(27)19(30-23(17)21)12-20-14(2)7-10-31-20/h7,10-12,16,26H,4-6,8-9,13H2,1-3H3/b19-12+. The summed E-state index contributed by atoms with van der Waals surface area (Å²) in [5.74, 6) is 0.517. The number of rotatable bonds is 5. The van der Waals surface area contributed by atoms with E-state index in [-0.39, 0.29) is 29.2 Å². The van der Waals surface area contributed by atoms with Gasteiger partial charge in [0.15, 0.2) is 5.76 Å². The van der Waals surface area contributed by atoms with Crippen LogP contribution in [0.3, 0.4) is 0 Å². The molecule has 0 amide bonds. The fourth-order valence-electron chi connectivity index (χ4n) is 4.19. The molecule has 0 atom stereocenters. The van der Waals surface area contributed by atoms with E-state index < -0.39 is 0 Å². The zero-order valence-corrected chi connectivity index (χ0v) is 18.9. The van der Waals surface area contributed by atoms with Crippen LogP contribution in [-0.4, -0.2) is 41.5 Å². The molecule has 6 nitrogen and oxygen atoms in total. The summed E-state index contributed by atoms with van der Waals surface area (Å²) in [7, 11) is 0. The molecule has 1 fully saturated rings. The normalized spacial score (nSPS) is 18.3. The highest BCUT2D eigenvalue weighted by atomic mass is 32.1. The quantitative estimate of drug-likeness (QED) is 0.545. The van der Waals surface area contributed by atoms with Crippen molar-refractivity contribution in [3.8, 4) is 11.5 Å². The van der Waals surface area contributed by atoms with Gasteiger partial charge in [-0.15, -0.1) is 11.3 Å². The third-order valence-corrected chi connectivity index (χ3v) is 6.94. The number of phenols is 1. The highest BCUT2D eigenvalue weighted by Crippen LogP contribution is 2.43. The molecule has 1 saturated heterocycles. The number of ketones is 1. The number of aryl methyl sites for hydroxylation is 2. The number of hydrogen-bond donors (Lipinski definition) is 1. The molecule has 0 spiro atoms. The Labute approximate surface area is 186 Å². The van der Waals surface area contributed by atoms with Crippen molar-refractivity contribution in [2.75, 3.05) is 19.7 Å². The van der Waals surface area contributed by atoms with Crippen LogP contribution in [0.4, 0.5) is 0 Å². The van der Waals surface area contributed by atoms with Crippen molar-refractivity contribution in [1.29, 1.82) is 0 Å². The fourth-order valence-corrected chi connectivity index (χ4v) is 5.04. The number of hydrogen-bond acceptors (Lipinski definition) is 7. The first-order chi connectivity index (χ1) is 14.9. The molecule has 1 aromatic heterocycles. The number of esters is 1. The smallest absolute Gasteiger partial charge is 0.309 e. The Morgan fingerprint density at radius 3 is 2.71 bits per heavy atom. The predicted octanol–water partition coefficient (Wildman–Crippen LogP) is 4.46. The summed E-state index contributed by atoms with van der Waals surface area (Å²) in [5.41, 5.74) is 2.94. The number of aromatic hydroxyl groups is 1. The van der Waals surface area contributed by atoms with Gasteiger partial charge in [-0.3, -0.25) is 14.5 Å². The Morgan fingerprint density at radius 1 is 1.32 bits per heavy atom. The van der Waals surface area contributed by atoms with Gasteiger partial charge in [-0.05, 0) is 75.3 Å². The Balaban J connectivity index is 1.56. The lowest BCUT2D eigenvalue weighted by Crippen LogP contribution is -2.36. The summed E-state index contributed by atoms with van der Waals surface area (Å²) in [6.07, 6.45) is 3.22. The Kier molecular flexibility index (Phi) is 6.16. The topological polar surface area (TPSA) is 76.1 Å². The summed E-state index contributed by atoms with van der Waals surface area (Å²) >= 11 is 1.56. The fraction of sp³-hybridized carbons (Fsp3) is 0.417. The molecule has 0 saturated carbocycles. The summed E-state index contributed by atoms with van der Waals surface area (Å²) in [4.78, 5) is 28.2. The molecule has 0 aliphatic carbocycles. The van der Waals surface area contributed by atoms with Gasteiger partial charge in [0, 0.05) is 17.5 Å². The largest absolute Gasteiger partial charge is 0.507 e. The molecule has 3 heterocycles. The van der Waals surface area contributed by atoms with E-state index in [0.29, 0.717) is 35.6 Å². The molecule has 4 rings (SSSR count). The Bertz CT molecular complexity index is 1050. The average molecular weight is 442 g/mol. The molecular weight excluding hydrogens is 414 g/mol. The van der Waals surface area contributed by atoms with E-state index >= 15 is 0 Å². The third-order valence-electron chi connectivity index (χ3n) is 5.97. The average Bonchev–Trinajstić information content (AvgIpc) is 3.29. The van der Waals surface area contributed by atoms with Crippen molar-refractivity contribution >= 4 is 29.2 Å². The van der Waals surface area contributed by atoms with Crippen LogP contribution in [0.5, 0.6) is 11.5 Å². The van der Waals surface area contributed by atoms with Gasteiger partial charge in [-0.25, -0.2) is 0 Å². The molecule has 164 valence electrons.